The molecule has 0 radical (unpaired) electrons. The van der Waals surface area contributed by atoms with E-state index in [1.807, 2.05) is 24.3 Å². The van der Waals surface area contributed by atoms with Gasteiger partial charge in [0.25, 0.3) is 0 Å². The summed E-state index contributed by atoms with van der Waals surface area (Å²) >= 11 is 0. The highest BCUT2D eigenvalue weighted by atomic mass is 16.5. The van der Waals surface area contributed by atoms with Crippen molar-refractivity contribution < 1.29 is 14.6 Å². The first-order valence-electron chi connectivity index (χ1n) is 6.60. The van der Waals surface area contributed by atoms with Crippen LogP contribution in [0.3, 0.4) is 0 Å². The second kappa shape index (κ2) is 5.72. The molecule has 0 amide bonds. The van der Waals surface area contributed by atoms with Gasteiger partial charge in [-0.1, -0.05) is 24.3 Å². The lowest BCUT2D eigenvalue weighted by Crippen LogP contribution is -2.47. The van der Waals surface area contributed by atoms with E-state index >= 15 is 0 Å². The molecule has 4 heteroatoms. The third kappa shape index (κ3) is 4.33. The van der Waals surface area contributed by atoms with Crippen molar-refractivity contribution in [2.45, 2.75) is 32.4 Å². The maximum absolute atomic E-state index is 10.6. The van der Waals surface area contributed by atoms with Crippen LogP contribution in [0.1, 0.15) is 25.0 Å². The number of nitrogens with zero attached hydrogens (tertiary/aromatic N) is 1. The van der Waals surface area contributed by atoms with E-state index in [9.17, 15) is 4.79 Å². The third-order valence-electron chi connectivity index (χ3n) is 3.29. The molecule has 0 unspecified atom stereocenters. The van der Waals surface area contributed by atoms with Crippen molar-refractivity contribution >= 4 is 5.97 Å². The normalized spacial score (nSPS) is 19.3. The Morgan fingerprint density at radius 1 is 1.32 bits per heavy atom. The lowest BCUT2D eigenvalue weighted by molar-refractivity contribution is -0.136. The predicted octanol–water partition coefficient (Wildman–Crippen LogP) is 1.92. The van der Waals surface area contributed by atoms with Crippen LogP contribution in [0.4, 0.5) is 0 Å². The summed E-state index contributed by atoms with van der Waals surface area (Å²) in [6, 6.07) is 7.82. The van der Waals surface area contributed by atoms with Gasteiger partial charge in [0.15, 0.2) is 0 Å². The largest absolute Gasteiger partial charge is 0.481 e. The third-order valence-corrected chi connectivity index (χ3v) is 3.29. The van der Waals surface area contributed by atoms with E-state index in [1.165, 1.54) is 5.56 Å². The standard InChI is InChI=1S/C15H21NO3/c1-15(2)11-16(7-8-19-15)10-13-5-3-12(4-6-13)9-14(17)18/h3-6H,7-11H2,1-2H3,(H,17,18). The average molecular weight is 263 g/mol. The molecule has 2 rings (SSSR count). The first-order chi connectivity index (χ1) is 8.94. The quantitative estimate of drug-likeness (QED) is 0.901. The first-order valence-corrected chi connectivity index (χ1v) is 6.60. The molecule has 0 spiro atoms. The second-order valence-electron chi connectivity index (χ2n) is 5.71. The van der Waals surface area contributed by atoms with Crippen molar-refractivity contribution in [2.24, 2.45) is 0 Å². The Labute approximate surface area is 114 Å². The smallest absolute Gasteiger partial charge is 0.307 e. The van der Waals surface area contributed by atoms with Gasteiger partial charge < -0.3 is 9.84 Å². The second-order valence-corrected chi connectivity index (χ2v) is 5.71. The van der Waals surface area contributed by atoms with Crippen molar-refractivity contribution in [2.75, 3.05) is 19.7 Å². The van der Waals surface area contributed by atoms with Crippen molar-refractivity contribution in [3.05, 3.63) is 35.4 Å². The molecule has 1 aromatic carbocycles. The number of morpholine rings is 1. The highest BCUT2D eigenvalue weighted by Crippen LogP contribution is 2.18. The van der Waals surface area contributed by atoms with Crippen LogP contribution in [0, 0.1) is 0 Å². The molecule has 1 fully saturated rings. The molecule has 19 heavy (non-hydrogen) atoms. The number of aliphatic carboxylic acids is 1. The minimum absolute atomic E-state index is 0.0818. The van der Waals surface area contributed by atoms with Gasteiger partial charge in [-0.15, -0.1) is 0 Å². The van der Waals surface area contributed by atoms with E-state index in [1.54, 1.807) is 0 Å². The summed E-state index contributed by atoms with van der Waals surface area (Å²) in [6.07, 6.45) is 0.0882. The molecular weight excluding hydrogens is 242 g/mol. The zero-order valence-corrected chi connectivity index (χ0v) is 11.6. The Hall–Kier alpha value is -1.39. The summed E-state index contributed by atoms with van der Waals surface area (Å²) in [6.45, 7) is 7.73. The molecule has 1 aliphatic rings. The molecule has 1 heterocycles. The molecule has 4 nitrogen and oxygen atoms in total. The van der Waals surface area contributed by atoms with Gasteiger partial charge in [0, 0.05) is 19.6 Å². The highest BCUT2D eigenvalue weighted by Gasteiger charge is 2.26. The van der Waals surface area contributed by atoms with Gasteiger partial charge in [0.2, 0.25) is 0 Å². The molecule has 104 valence electrons. The van der Waals surface area contributed by atoms with Crippen molar-refractivity contribution in [1.82, 2.24) is 4.90 Å². The topological polar surface area (TPSA) is 49.8 Å². The summed E-state index contributed by atoms with van der Waals surface area (Å²) in [5.74, 6) is -0.789. The van der Waals surface area contributed by atoms with E-state index in [-0.39, 0.29) is 12.0 Å². The Morgan fingerprint density at radius 3 is 2.53 bits per heavy atom. The highest BCUT2D eigenvalue weighted by molar-refractivity contribution is 5.70. The van der Waals surface area contributed by atoms with Gasteiger partial charge in [-0.2, -0.15) is 0 Å². The summed E-state index contributed by atoms with van der Waals surface area (Å²) in [5, 5.41) is 8.73. The number of carbonyl (C=O) groups is 1. The Kier molecular flexibility index (Phi) is 4.22. The van der Waals surface area contributed by atoms with E-state index in [0.29, 0.717) is 0 Å². The molecule has 0 aromatic heterocycles. The van der Waals surface area contributed by atoms with Crippen molar-refractivity contribution in [3.63, 3.8) is 0 Å². The van der Waals surface area contributed by atoms with Crippen LogP contribution in [-0.2, 0) is 22.5 Å². The van der Waals surface area contributed by atoms with Gasteiger partial charge >= 0.3 is 5.97 Å². The fourth-order valence-electron chi connectivity index (χ4n) is 2.44. The lowest BCUT2D eigenvalue weighted by Gasteiger charge is -2.38. The van der Waals surface area contributed by atoms with E-state index < -0.39 is 5.97 Å². The van der Waals surface area contributed by atoms with Crippen LogP contribution in [0.5, 0.6) is 0 Å². The van der Waals surface area contributed by atoms with Crippen LogP contribution in [-0.4, -0.2) is 41.3 Å². The van der Waals surface area contributed by atoms with E-state index in [4.69, 9.17) is 9.84 Å². The summed E-state index contributed by atoms with van der Waals surface area (Å²) in [4.78, 5) is 13.0. The fraction of sp³-hybridized carbons (Fsp3) is 0.533. The molecule has 0 atom stereocenters. The number of carboxylic acid groups (broad SMARTS) is 1. The van der Waals surface area contributed by atoms with Crippen LogP contribution < -0.4 is 0 Å². The fourth-order valence-corrected chi connectivity index (χ4v) is 2.44. The van der Waals surface area contributed by atoms with Crippen LogP contribution in [0.15, 0.2) is 24.3 Å². The number of benzene rings is 1. The molecule has 1 aliphatic heterocycles. The average Bonchev–Trinajstić information content (AvgIpc) is 2.30. The molecule has 0 aliphatic carbocycles. The molecule has 0 saturated carbocycles. The van der Waals surface area contributed by atoms with Crippen molar-refractivity contribution in [1.29, 1.82) is 0 Å². The molecule has 1 aromatic rings. The lowest BCUT2D eigenvalue weighted by atomic mass is 10.1. The minimum atomic E-state index is -0.789. The maximum Gasteiger partial charge on any atom is 0.307 e. The Balaban J connectivity index is 1.94. The van der Waals surface area contributed by atoms with E-state index in [2.05, 4.69) is 18.7 Å². The monoisotopic (exact) mass is 263 g/mol. The number of hydrogen-bond acceptors (Lipinski definition) is 3. The number of carboxylic acids is 1. The van der Waals surface area contributed by atoms with Crippen molar-refractivity contribution in [3.8, 4) is 0 Å². The van der Waals surface area contributed by atoms with Gasteiger partial charge in [-0.3, -0.25) is 9.69 Å². The van der Waals surface area contributed by atoms with Gasteiger partial charge in [-0.05, 0) is 25.0 Å². The zero-order valence-electron chi connectivity index (χ0n) is 11.6. The van der Waals surface area contributed by atoms with Gasteiger partial charge in [-0.25, -0.2) is 0 Å². The molecule has 1 saturated heterocycles. The number of hydrogen-bond donors (Lipinski definition) is 1. The number of ether oxygens (including phenoxy) is 1. The van der Waals surface area contributed by atoms with Gasteiger partial charge in [0.1, 0.15) is 0 Å². The maximum atomic E-state index is 10.6. The van der Waals surface area contributed by atoms with Gasteiger partial charge in [0.05, 0.1) is 18.6 Å². The molecule has 1 N–H and O–H groups in total. The van der Waals surface area contributed by atoms with Crippen LogP contribution in [0.25, 0.3) is 0 Å². The van der Waals surface area contributed by atoms with Crippen LogP contribution >= 0.6 is 0 Å². The molecule has 0 bridgehead atoms. The first kappa shape index (κ1) is 14.0. The SMILES string of the molecule is CC1(C)CN(Cc2ccc(CC(=O)O)cc2)CCO1. The van der Waals surface area contributed by atoms with Crippen LogP contribution in [0.2, 0.25) is 0 Å². The predicted molar refractivity (Wildman–Crippen MR) is 73.1 cm³/mol. The Bertz CT molecular complexity index is 439. The minimum Gasteiger partial charge on any atom is -0.481 e. The summed E-state index contributed by atoms with van der Waals surface area (Å²) in [5.41, 5.74) is 1.98. The molecular formula is C15H21NO3. The van der Waals surface area contributed by atoms with E-state index in [0.717, 1.165) is 31.8 Å². The zero-order chi connectivity index (χ0) is 13.9. The number of rotatable bonds is 4. The Morgan fingerprint density at radius 2 is 1.95 bits per heavy atom. The summed E-state index contributed by atoms with van der Waals surface area (Å²) < 4.78 is 5.69. The summed E-state index contributed by atoms with van der Waals surface area (Å²) in [7, 11) is 0.